The molecule has 0 radical (unpaired) electrons. The van der Waals surface area contributed by atoms with E-state index in [-0.39, 0.29) is 33.1 Å². The van der Waals surface area contributed by atoms with Crippen molar-refractivity contribution in [3.05, 3.63) is 137 Å². The summed E-state index contributed by atoms with van der Waals surface area (Å²) in [4.78, 5) is 74.9. The number of pyridine rings is 2. The topological polar surface area (TPSA) is 214 Å². The van der Waals surface area contributed by atoms with Crippen molar-refractivity contribution < 1.29 is 9.85 Å². The summed E-state index contributed by atoms with van der Waals surface area (Å²) in [6.07, 6.45) is 41.0. The zero-order valence-electron chi connectivity index (χ0n) is 72.8. The average molecular weight is 1680 g/mol. The Hall–Kier alpha value is -8.60. The van der Waals surface area contributed by atoms with Crippen LogP contribution in [0.15, 0.2) is 94.5 Å². The number of nitrogen functional groups attached to an aromatic ring is 2. The molecule has 2 aliphatic heterocycles. The second kappa shape index (κ2) is 25.7. The summed E-state index contributed by atoms with van der Waals surface area (Å²) < 4.78 is 3.36. The van der Waals surface area contributed by atoms with Gasteiger partial charge in [-0.1, -0.05) is 75.6 Å². The van der Waals surface area contributed by atoms with E-state index < -0.39 is 4.92 Å². The SMILES string of the molecule is Nc1cc2c(CN3CC4CCC5C6CCC7C8CCCC9CCCC(C%10CCC(C%11CCC(C3)C4C5%11)C6C7%10)C98)c(N)cc3nc4c5ccc6c7ccc8c(=O)n9c%10cc([N+](=O)[O-])cc%11c(CN%12CC%13CCC%14C%15CCC%16C%17CCCC%18CCCC(C%19CCC(C%20CCC(C%12)C%13C%14%20)C%15C%16%19)C%18%17)c([N+](=O)[O-])cc(nc9c9ccc(c%12ccc(c(=O)n4c(c1)c32)c5c6%12)c7c89)c%11%10. The van der Waals surface area contributed by atoms with E-state index in [9.17, 15) is 20.2 Å². The van der Waals surface area contributed by atoms with Crippen LogP contribution in [0.4, 0.5) is 22.7 Å². The van der Waals surface area contributed by atoms with Gasteiger partial charge in [-0.2, -0.15) is 0 Å². The fourth-order valence-corrected chi connectivity index (χ4v) is 41.4. The first-order valence-electron chi connectivity index (χ1n) is 51.4. The molecule has 31 rings (SSSR count). The first kappa shape index (κ1) is 73.2. The maximum atomic E-state index is 16.0. The molecule has 16 nitrogen and oxygen atoms in total. The van der Waals surface area contributed by atoms with Crippen molar-refractivity contribution in [3.8, 4) is 0 Å². The summed E-state index contributed by atoms with van der Waals surface area (Å²) in [7, 11) is 0. The predicted octanol–water partition coefficient (Wildman–Crippen LogP) is 23.0. The Kier molecular flexibility index (Phi) is 15.0. The highest BCUT2D eigenvalue weighted by atomic mass is 16.6. The maximum Gasteiger partial charge on any atom is 0.276 e. The van der Waals surface area contributed by atoms with Crippen molar-refractivity contribution in [3.63, 3.8) is 0 Å². The van der Waals surface area contributed by atoms with Crippen LogP contribution in [-0.2, 0) is 13.1 Å². The molecule has 644 valence electrons. The van der Waals surface area contributed by atoms with Crippen LogP contribution in [0.25, 0.3) is 120 Å². The second-order valence-electron chi connectivity index (χ2n) is 47.2. The van der Waals surface area contributed by atoms with E-state index in [2.05, 4.69) is 46.2 Å². The van der Waals surface area contributed by atoms with E-state index in [0.717, 1.165) is 263 Å². The van der Waals surface area contributed by atoms with E-state index in [4.69, 9.17) is 21.4 Å². The van der Waals surface area contributed by atoms with E-state index in [1.54, 1.807) is 36.2 Å². The summed E-state index contributed by atoms with van der Waals surface area (Å²) in [5.41, 5.74) is 19.5. The van der Waals surface area contributed by atoms with Gasteiger partial charge < -0.3 is 11.5 Å². The number of nitrogens with zero attached hydrogens (tertiary/aromatic N) is 8. The quantitative estimate of drug-likeness (QED) is 0.0523. The van der Waals surface area contributed by atoms with Gasteiger partial charge in [-0.25, -0.2) is 9.97 Å². The molecule has 2 saturated heterocycles. The van der Waals surface area contributed by atoms with Crippen molar-refractivity contribution in [2.45, 2.75) is 193 Å². The standard InChI is InChI=1S/C110H118N10O6/c111-55-37-81-83(47-115-43-51-13-17-61-69-25-21-65-57-9-1-5-49-6-2-10-58(93(49)57)66-22-26-70(99(69)97(65)66)62-18-14-52(44-115)91(51)95(61)62)85(112)41-86-105(81)89(38-55)117-107(113-86)77-33-29-73-76-32-36-80-104-78(34-30-74(102(76)104)75-31-35-79(109(117)121)103(77)101(73)75)108-114-87-42-88(120(125)126)84(82-39-56(119(123)124)40-90(106(82)87)118(108)110(80)122)48-116-45-53-15-19-63-71-27-23-67-59-11-3-7-50-8-4-12-60(94(50)59)68-24-28-72(100(71)98(67)68)64-20-16-54(46-116)92(53)96(63)64/h29-42,49-54,57-72,91-100H,1-28,43-48,111-112H2. The minimum Gasteiger partial charge on any atom is -0.399 e. The van der Waals surface area contributed by atoms with Crippen molar-refractivity contribution in [2.75, 3.05) is 37.6 Å². The summed E-state index contributed by atoms with van der Waals surface area (Å²) in [5.74, 6) is 29.3. The summed E-state index contributed by atoms with van der Waals surface area (Å²) >= 11 is 0. The fourth-order valence-electron chi connectivity index (χ4n) is 41.4. The Labute approximate surface area is 733 Å². The van der Waals surface area contributed by atoms with Gasteiger partial charge in [0.2, 0.25) is 0 Å². The lowest BCUT2D eigenvalue weighted by Gasteiger charge is -2.71. The zero-order valence-corrected chi connectivity index (χ0v) is 72.8. The van der Waals surface area contributed by atoms with E-state index >= 15 is 9.59 Å². The van der Waals surface area contributed by atoms with Gasteiger partial charge in [0, 0.05) is 117 Å². The van der Waals surface area contributed by atoms with E-state index in [1.165, 1.54) is 166 Å². The van der Waals surface area contributed by atoms with Crippen LogP contribution in [0.1, 0.15) is 191 Å². The molecule has 16 aliphatic carbocycles. The third-order valence-corrected chi connectivity index (χ3v) is 44.0. The molecule has 20 atom stereocenters. The van der Waals surface area contributed by atoms with Crippen LogP contribution >= 0.6 is 0 Å². The number of nitro benzene ring substituents is 2. The number of piperidine rings is 2. The summed E-state index contributed by atoms with van der Waals surface area (Å²) in [6.45, 7) is 5.03. The molecule has 0 bridgehead atoms. The van der Waals surface area contributed by atoms with Crippen LogP contribution in [0.2, 0.25) is 0 Å². The Morgan fingerprint density at radius 1 is 0.310 bits per heavy atom. The molecule has 13 aromatic rings. The van der Waals surface area contributed by atoms with Crippen LogP contribution in [0.3, 0.4) is 0 Å². The monoisotopic (exact) mass is 1670 g/mol. The lowest BCUT2D eigenvalue weighted by Crippen LogP contribution is -2.66. The summed E-state index contributed by atoms with van der Waals surface area (Å²) in [6, 6.07) is 27.0. The van der Waals surface area contributed by atoms with Gasteiger partial charge in [-0.05, 0) is 404 Å². The number of anilines is 2. The largest absolute Gasteiger partial charge is 0.399 e. The van der Waals surface area contributed by atoms with Gasteiger partial charge in [0.25, 0.3) is 22.5 Å². The zero-order chi connectivity index (χ0) is 82.6. The number of benzene rings is 9. The first-order valence-corrected chi connectivity index (χ1v) is 51.4. The molecule has 126 heavy (non-hydrogen) atoms. The lowest BCUT2D eigenvalue weighted by atomic mass is 9.34. The van der Waals surface area contributed by atoms with Crippen LogP contribution < -0.4 is 22.6 Å². The van der Waals surface area contributed by atoms with Gasteiger partial charge in [0.1, 0.15) is 11.3 Å². The van der Waals surface area contributed by atoms with E-state index in [1.807, 2.05) is 34.7 Å². The van der Waals surface area contributed by atoms with Crippen molar-refractivity contribution in [2.24, 2.45) is 189 Å². The maximum absolute atomic E-state index is 16.0. The van der Waals surface area contributed by atoms with Gasteiger partial charge in [-0.3, -0.25) is 48.4 Å². The molecular formula is C110H118N10O6. The highest BCUT2D eigenvalue weighted by Gasteiger charge is 2.70. The van der Waals surface area contributed by atoms with Crippen LogP contribution in [0.5, 0.6) is 0 Å². The molecule has 4 aromatic heterocycles. The normalized spacial score (nSPS) is 40.6. The van der Waals surface area contributed by atoms with Crippen LogP contribution in [0, 0.1) is 210 Å². The molecule has 16 heteroatoms. The molecular weight excluding hydrogens is 1560 g/mol. The molecule has 18 aliphatic rings. The summed E-state index contributed by atoms with van der Waals surface area (Å²) in [5, 5.41) is 39.6. The number of non-ortho nitro benzene ring substituents is 1. The van der Waals surface area contributed by atoms with Crippen LogP contribution in [-0.4, -0.2) is 64.6 Å². The number of likely N-dealkylation sites (tertiary alicyclic amines) is 2. The average Bonchev–Trinajstić information content (AvgIpc) is 0.678. The molecule has 0 amide bonds. The minimum absolute atomic E-state index is 0.0920. The molecule has 0 spiro atoms. The Morgan fingerprint density at radius 3 is 1.02 bits per heavy atom. The first-order chi connectivity index (χ1) is 61.8. The Balaban J connectivity index is 0.467. The third-order valence-electron chi connectivity index (χ3n) is 44.0. The second-order valence-corrected chi connectivity index (χ2v) is 47.2. The smallest absolute Gasteiger partial charge is 0.276 e. The number of fused-ring (bicyclic) bond motifs is 16. The van der Waals surface area contributed by atoms with E-state index in [0.29, 0.717) is 102 Å². The Bertz CT molecular complexity index is 6980. The Morgan fingerprint density at radius 2 is 0.635 bits per heavy atom. The molecule has 18 fully saturated rings. The number of hydrogen-bond acceptors (Lipinski definition) is 12. The van der Waals surface area contributed by atoms with Crippen molar-refractivity contribution >= 4 is 142 Å². The van der Waals surface area contributed by atoms with Crippen molar-refractivity contribution in [1.82, 2.24) is 28.6 Å². The number of aromatic nitrogens is 4. The number of hydrogen-bond donors (Lipinski definition) is 2. The van der Waals surface area contributed by atoms with Gasteiger partial charge >= 0.3 is 0 Å². The third kappa shape index (κ3) is 9.28. The number of nitrogens with two attached hydrogens (primary N) is 2. The highest BCUT2D eigenvalue weighted by Crippen LogP contribution is 2.76. The number of rotatable bonds is 6. The lowest BCUT2D eigenvalue weighted by molar-refractivity contribution is -0.385. The molecule has 6 heterocycles. The number of nitro groups is 2. The molecule has 9 aromatic carbocycles. The van der Waals surface area contributed by atoms with Gasteiger partial charge in [0.15, 0.2) is 0 Å². The molecule has 16 saturated carbocycles. The van der Waals surface area contributed by atoms with Gasteiger partial charge in [0.05, 0.1) is 37.5 Å². The molecule has 4 N–H and O–H groups in total. The predicted molar refractivity (Wildman–Crippen MR) is 499 cm³/mol. The van der Waals surface area contributed by atoms with Crippen molar-refractivity contribution in [1.29, 1.82) is 0 Å². The highest BCUT2D eigenvalue weighted by molar-refractivity contribution is 6.41. The molecule has 20 unspecified atom stereocenters. The minimum atomic E-state index is -0.415. The fraction of sp³-hybridized carbons (Fsp3) is 0.600. The van der Waals surface area contributed by atoms with Gasteiger partial charge in [-0.15, -0.1) is 0 Å².